The number of nitrogens with one attached hydrogen (secondary N) is 1. The van der Waals surface area contributed by atoms with Gasteiger partial charge in [0.15, 0.2) is 18.1 Å². The normalized spacial score (nSPS) is 10.2. The zero-order valence-electron chi connectivity index (χ0n) is 16.9. The third kappa shape index (κ3) is 6.39. The van der Waals surface area contributed by atoms with Crippen molar-refractivity contribution in [3.8, 4) is 17.2 Å². The van der Waals surface area contributed by atoms with E-state index in [1.165, 1.54) is 20.3 Å². The fourth-order valence-corrected chi connectivity index (χ4v) is 2.41. The van der Waals surface area contributed by atoms with Gasteiger partial charge in [0, 0.05) is 12.7 Å². The van der Waals surface area contributed by atoms with Crippen molar-refractivity contribution in [1.82, 2.24) is 0 Å². The van der Waals surface area contributed by atoms with Crippen LogP contribution in [0.15, 0.2) is 36.4 Å². The number of hydrogen-bond donors (Lipinski definition) is 1. The van der Waals surface area contributed by atoms with Gasteiger partial charge >= 0.3 is 5.97 Å². The number of anilines is 1. The molecule has 2 aromatic rings. The van der Waals surface area contributed by atoms with Crippen LogP contribution < -0.4 is 19.5 Å². The van der Waals surface area contributed by atoms with Gasteiger partial charge in [-0.05, 0) is 42.8 Å². The highest BCUT2D eigenvalue weighted by Gasteiger charge is 2.15. The third-order valence-electron chi connectivity index (χ3n) is 3.93. The smallest absolute Gasteiger partial charge is 0.343 e. The van der Waals surface area contributed by atoms with E-state index in [0.717, 1.165) is 5.56 Å². The highest BCUT2D eigenvalue weighted by molar-refractivity contribution is 6.05. The molecule has 0 heterocycles. The van der Waals surface area contributed by atoms with Gasteiger partial charge in [-0.1, -0.05) is 6.07 Å². The van der Waals surface area contributed by atoms with Crippen molar-refractivity contribution in [3.05, 3.63) is 47.5 Å². The van der Waals surface area contributed by atoms with Gasteiger partial charge in [-0.25, -0.2) is 4.79 Å². The first-order chi connectivity index (χ1) is 14.0. The molecular weight excluding hydrogens is 378 g/mol. The monoisotopic (exact) mass is 403 g/mol. The zero-order chi connectivity index (χ0) is 21.2. The molecule has 0 aliphatic carbocycles. The van der Waals surface area contributed by atoms with Crippen LogP contribution in [0.25, 0.3) is 0 Å². The van der Waals surface area contributed by atoms with Crippen LogP contribution in [0.2, 0.25) is 0 Å². The minimum atomic E-state index is -0.519. The van der Waals surface area contributed by atoms with Crippen LogP contribution in [-0.2, 0) is 14.3 Å². The topological polar surface area (TPSA) is 92.3 Å². The maximum Gasteiger partial charge on any atom is 0.343 e. The first-order valence-electron chi connectivity index (χ1n) is 8.90. The maximum atomic E-state index is 12.7. The highest BCUT2D eigenvalue weighted by atomic mass is 16.6. The fraction of sp³-hybridized carbons (Fsp3) is 0.333. The molecule has 0 aliphatic rings. The summed E-state index contributed by atoms with van der Waals surface area (Å²) >= 11 is 0. The zero-order valence-corrected chi connectivity index (χ0v) is 16.9. The van der Waals surface area contributed by atoms with E-state index in [1.54, 1.807) is 25.3 Å². The average Bonchev–Trinajstić information content (AvgIpc) is 2.73. The molecule has 2 rings (SSSR count). The Morgan fingerprint density at radius 1 is 0.897 bits per heavy atom. The SMILES string of the molecule is COCCOc1cc(C)ccc1NC(=O)c1ccc(OCC(=O)OC)c(OC)c1. The van der Waals surface area contributed by atoms with E-state index >= 15 is 0 Å². The van der Waals surface area contributed by atoms with Crippen LogP contribution in [-0.4, -0.2) is 53.0 Å². The number of benzene rings is 2. The fourth-order valence-electron chi connectivity index (χ4n) is 2.41. The van der Waals surface area contributed by atoms with Gasteiger partial charge in [0.1, 0.15) is 12.4 Å². The molecule has 0 aliphatic heterocycles. The minimum absolute atomic E-state index is 0.260. The van der Waals surface area contributed by atoms with Crippen LogP contribution in [0.3, 0.4) is 0 Å². The Hall–Kier alpha value is -3.26. The molecule has 8 heteroatoms. The predicted octanol–water partition coefficient (Wildman–Crippen LogP) is 2.83. The van der Waals surface area contributed by atoms with Crippen molar-refractivity contribution in [3.63, 3.8) is 0 Å². The van der Waals surface area contributed by atoms with Gasteiger partial charge in [0.25, 0.3) is 5.91 Å². The van der Waals surface area contributed by atoms with Crippen LogP contribution in [0.5, 0.6) is 17.2 Å². The van der Waals surface area contributed by atoms with Gasteiger partial charge in [0.2, 0.25) is 0 Å². The van der Waals surface area contributed by atoms with Crippen molar-refractivity contribution in [2.24, 2.45) is 0 Å². The second-order valence-corrected chi connectivity index (χ2v) is 6.03. The lowest BCUT2D eigenvalue weighted by atomic mass is 10.1. The Labute approximate surface area is 169 Å². The molecule has 2 aromatic carbocycles. The molecule has 156 valence electrons. The first kappa shape index (κ1) is 22.0. The molecule has 0 fully saturated rings. The Bertz CT molecular complexity index is 851. The van der Waals surface area contributed by atoms with Crippen LogP contribution in [0, 0.1) is 6.92 Å². The summed E-state index contributed by atoms with van der Waals surface area (Å²) < 4.78 is 25.9. The van der Waals surface area contributed by atoms with Gasteiger partial charge in [-0.2, -0.15) is 0 Å². The van der Waals surface area contributed by atoms with Crippen LogP contribution in [0.1, 0.15) is 15.9 Å². The number of carbonyl (C=O) groups is 2. The number of aryl methyl sites for hydroxylation is 1. The van der Waals surface area contributed by atoms with E-state index in [4.69, 9.17) is 18.9 Å². The van der Waals surface area contributed by atoms with E-state index in [1.807, 2.05) is 19.1 Å². The lowest BCUT2D eigenvalue weighted by molar-refractivity contribution is -0.142. The predicted molar refractivity (Wildman–Crippen MR) is 107 cm³/mol. The third-order valence-corrected chi connectivity index (χ3v) is 3.93. The summed E-state index contributed by atoms with van der Waals surface area (Å²) in [5.74, 6) is 0.341. The van der Waals surface area contributed by atoms with Gasteiger partial charge in [-0.15, -0.1) is 0 Å². The standard InChI is InChI=1S/C21H25NO7/c1-14-5-7-16(18(11-14)28-10-9-25-2)22-21(24)15-6-8-17(19(12-15)26-3)29-13-20(23)27-4/h5-8,11-12H,9-10,13H2,1-4H3,(H,22,24). The molecule has 0 atom stereocenters. The summed E-state index contributed by atoms with van der Waals surface area (Å²) in [6, 6.07) is 10.2. The number of esters is 1. The summed E-state index contributed by atoms with van der Waals surface area (Å²) in [7, 11) is 4.31. The first-order valence-corrected chi connectivity index (χ1v) is 8.90. The van der Waals surface area contributed by atoms with Crippen molar-refractivity contribution in [1.29, 1.82) is 0 Å². The van der Waals surface area contributed by atoms with E-state index in [-0.39, 0.29) is 12.5 Å². The van der Waals surface area contributed by atoms with Crippen molar-refractivity contribution in [2.45, 2.75) is 6.92 Å². The van der Waals surface area contributed by atoms with E-state index in [2.05, 4.69) is 10.1 Å². The Kier molecular flexibility index (Phi) is 8.29. The number of methoxy groups -OCH3 is 3. The molecule has 8 nitrogen and oxygen atoms in total. The van der Waals surface area contributed by atoms with Crippen molar-refractivity contribution >= 4 is 17.6 Å². The number of carbonyl (C=O) groups excluding carboxylic acids is 2. The highest BCUT2D eigenvalue weighted by Crippen LogP contribution is 2.30. The van der Waals surface area contributed by atoms with Gasteiger partial charge < -0.3 is 29.0 Å². The maximum absolute atomic E-state index is 12.7. The molecule has 0 aromatic heterocycles. The van der Waals surface area contributed by atoms with Gasteiger partial charge in [-0.3, -0.25) is 4.79 Å². The number of rotatable bonds is 10. The molecule has 1 amide bonds. The molecule has 0 saturated carbocycles. The average molecular weight is 403 g/mol. The van der Waals surface area contributed by atoms with Gasteiger partial charge in [0.05, 0.1) is 26.5 Å². The summed E-state index contributed by atoms with van der Waals surface area (Å²) in [5, 5.41) is 2.84. The number of amides is 1. The summed E-state index contributed by atoms with van der Waals surface area (Å²) in [6.07, 6.45) is 0. The Morgan fingerprint density at radius 2 is 1.69 bits per heavy atom. The number of ether oxygens (including phenoxy) is 5. The summed E-state index contributed by atoms with van der Waals surface area (Å²) in [6.45, 7) is 2.48. The molecule has 0 saturated heterocycles. The minimum Gasteiger partial charge on any atom is -0.493 e. The van der Waals surface area contributed by atoms with E-state index in [9.17, 15) is 9.59 Å². The van der Waals surface area contributed by atoms with E-state index in [0.29, 0.717) is 41.7 Å². The Morgan fingerprint density at radius 3 is 2.38 bits per heavy atom. The van der Waals surface area contributed by atoms with E-state index < -0.39 is 5.97 Å². The lowest BCUT2D eigenvalue weighted by Gasteiger charge is -2.14. The molecule has 0 spiro atoms. The molecule has 0 unspecified atom stereocenters. The lowest BCUT2D eigenvalue weighted by Crippen LogP contribution is -2.15. The summed E-state index contributed by atoms with van der Waals surface area (Å²) in [5.41, 5.74) is 1.90. The Balaban J connectivity index is 2.15. The molecule has 0 radical (unpaired) electrons. The van der Waals surface area contributed by atoms with Crippen molar-refractivity contribution < 1.29 is 33.3 Å². The molecular formula is C21H25NO7. The molecule has 0 bridgehead atoms. The number of hydrogen-bond acceptors (Lipinski definition) is 7. The van der Waals surface area contributed by atoms with Crippen molar-refractivity contribution in [2.75, 3.05) is 46.5 Å². The van der Waals surface area contributed by atoms with Crippen LogP contribution in [0.4, 0.5) is 5.69 Å². The molecule has 1 N–H and O–H groups in total. The quantitative estimate of drug-likeness (QED) is 0.482. The summed E-state index contributed by atoms with van der Waals surface area (Å²) in [4.78, 5) is 24.0. The largest absolute Gasteiger partial charge is 0.493 e. The second-order valence-electron chi connectivity index (χ2n) is 6.03. The van der Waals surface area contributed by atoms with Crippen LogP contribution >= 0.6 is 0 Å². The second kappa shape index (κ2) is 10.9. The molecule has 29 heavy (non-hydrogen) atoms.